The van der Waals surface area contributed by atoms with Crippen LogP contribution in [-0.4, -0.2) is 82.3 Å². The number of unbranched alkanes of at least 4 members (excludes halogenated alkanes) is 21. The zero-order valence-corrected chi connectivity index (χ0v) is 37.2. The van der Waals surface area contributed by atoms with Crippen LogP contribution in [0.4, 0.5) is 0 Å². The molecule has 48 heavy (non-hydrogen) atoms. The standard InChI is InChI=1S/C42H88N2O2.2BrH/c1-9-11-13-15-17-19-24-30-36-42(37-31-25-21-27-33-39-44(6,7)8)45-40(34-28-22-16-14-12-10-2)41(46-42)35-29-23-18-20-26-32-38-43(3,4)5;;/h40-41H,9-39H2,1-8H3;2*1H/q+2;;/p-2/t40-,41-,42?;;/m0../s1. The monoisotopic (exact) mass is 811 g/mol. The molecule has 1 aliphatic rings. The van der Waals surface area contributed by atoms with E-state index in [2.05, 4.69) is 56.1 Å². The maximum Gasteiger partial charge on any atom is 0.169 e. The van der Waals surface area contributed by atoms with E-state index in [0.29, 0.717) is 12.2 Å². The van der Waals surface area contributed by atoms with Gasteiger partial charge in [-0.15, -0.1) is 0 Å². The first-order chi connectivity index (χ1) is 22.0. The van der Waals surface area contributed by atoms with Crippen molar-refractivity contribution in [3.05, 3.63) is 0 Å². The fourth-order valence-electron chi connectivity index (χ4n) is 7.39. The van der Waals surface area contributed by atoms with Crippen LogP contribution in [0.15, 0.2) is 0 Å². The maximum absolute atomic E-state index is 7.15. The molecule has 3 atom stereocenters. The Morgan fingerprint density at radius 2 is 0.646 bits per heavy atom. The molecule has 0 radical (unpaired) electrons. The van der Waals surface area contributed by atoms with Crippen LogP contribution in [0.25, 0.3) is 0 Å². The van der Waals surface area contributed by atoms with Gasteiger partial charge in [-0.3, -0.25) is 0 Å². The Hall–Kier alpha value is 0.800. The quantitative estimate of drug-likeness (QED) is 0.0578. The fraction of sp³-hybridized carbons (Fsp3) is 1.00. The second-order valence-corrected chi connectivity index (χ2v) is 17.5. The molecule has 4 nitrogen and oxygen atoms in total. The fourth-order valence-corrected chi connectivity index (χ4v) is 7.39. The van der Waals surface area contributed by atoms with Crippen LogP contribution in [0.3, 0.4) is 0 Å². The molecule has 1 saturated heterocycles. The van der Waals surface area contributed by atoms with Gasteiger partial charge in [-0.1, -0.05) is 136 Å². The predicted octanol–water partition coefficient (Wildman–Crippen LogP) is 6.24. The van der Waals surface area contributed by atoms with Gasteiger partial charge in [0.05, 0.1) is 67.6 Å². The van der Waals surface area contributed by atoms with Crippen LogP contribution in [0.1, 0.15) is 200 Å². The third-order valence-electron chi connectivity index (χ3n) is 10.4. The van der Waals surface area contributed by atoms with E-state index in [1.54, 1.807) is 0 Å². The van der Waals surface area contributed by atoms with Gasteiger partial charge in [0.1, 0.15) is 0 Å². The van der Waals surface area contributed by atoms with E-state index in [1.807, 2.05) is 0 Å². The number of hydrogen-bond donors (Lipinski definition) is 0. The average Bonchev–Trinajstić information content (AvgIpc) is 3.33. The lowest BCUT2D eigenvalue weighted by atomic mass is 9.99. The maximum atomic E-state index is 7.15. The molecule has 0 saturated carbocycles. The van der Waals surface area contributed by atoms with Crippen molar-refractivity contribution in [1.82, 2.24) is 0 Å². The van der Waals surface area contributed by atoms with E-state index in [1.165, 1.54) is 186 Å². The molecule has 0 N–H and O–H groups in total. The first-order valence-electron chi connectivity index (χ1n) is 21.0. The highest BCUT2D eigenvalue weighted by Gasteiger charge is 2.45. The van der Waals surface area contributed by atoms with Gasteiger partial charge in [0.25, 0.3) is 0 Å². The summed E-state index contributed by atoms with van der Waals surface area (Å²) in [5.74, 6) is -0.312. The third kappa shape index (κ3) is 29.4. The Morgan fingerprint density at radius 1 is 0.375 bits per heavy atom. The molecule has 0 aromatic rings. The molecule has 0 amide bonds. The van der Waals surface area contributed by atoms with Gasteiger partial charge in [0.15, 0.2) is 5.79 Å². The van der Waals surface area contributed by atoms with Gasteiger partial charge in [0.2, 0.25) is 0 Å². The summed E-state index contributed by atoms with van der Waals surface area (Å²) in [6.07, 6.45) is 39.2. The molecule has 1 fully saturated rings. The van der Waals surface area contributed by atoms with Gasteiger partial charge in [-0.2, -0.15) is 0 Å². The smallest absolute Gasteiger partial charge is 0.169 e. The number of halogens is 2. The number of hydrogen-bond acceptors (Lipinski definition) is 2. The molecule has 1 heterocycles. The minimum atomic E-state index is -0.312. The lowest BCUT2D eigenvalue weighted by Crippen LogP contribution is -3.00. The molecule has 0 bridgehead atoms. The summed E-state index contributed by atoms with van der Waals surface area (Å²) in [5, 5.41) is 0. The molecule has 292 valence electrons. The SMILES string of the molecule is CCCCCCCCCCC1(CCCCCCC[N+](C)(C)C)O[C@@H](CCCCCCCC)[C@H](CCCCCCCC[N+](C)(C)C)O1.[Br-].[Br-]. The van der Waals surface area contributed by atoms with E-state index >= 15 is 0 Å². The summed E-state index contributed by atoms with van der Waals surface area (Å²) < 4.78 is 16.5. The van der Waals surface area contributed by atoms with Crippen molar-refractivity contribution in [2.75, 3.05) is 55.4 Å². The van der Waals surface area contributed by atoms with Gasteiger partial charge in [-0.05, 0) is 51.4 Å². The van der Waals surface area contributed by atoms with Crippen LogP contribution >= 0.6 is 0 Å². The van der Waals surface area contributed by atoms with Crippen molar-refractivity contribution in [3.8, 4) is 0 Å². The predicted molar refractivity (Wildman–Crippen MR) is 204 cm³/mol. The molecule has 1 aliphatic heterocycles. The van der Waals surface area contributed by atoms with Crippen LogP contribution in [0.5, 0.6) is 0 Å². The molecule has 1 rings (SSSR count). The van der Waals surface area contributed by atoms with Crippen LogP contribution in [-0.2, 0) is 9.47 Å². The molecule has 0 spiro atoms. The first kappa shape index (κ1) is 50.9. The van der Waals surface area contributed by atoms with Crippen molar-refractivity contribution >= 4 is 0 Å². The van der Waals surface area contributed by atoms with Crippen molar-refractivity contribution < 1.29 is 52.4 Å². The third-order valence-corrected chi connectivity index (χ3v) is 10.4. The summed E-state index contributed by atoms with van der Waals surface area (Å²) in [6, 6.07) is 0. The van der Waals surface area contributed by atoms with Gasteiger partial charge in [-0.25, -0.2) is 0 Å². The molecule has 0 aliphatic carbocycles. The lowest BCUT2D eigenvalue weighted by molar-refractivity contribution is -0.870. The topological polar surface area (TPSA) is 18.5 Å². The number of quaternary nitrogens is 2. The Kier molecular flexibility index (Phi) is 33.2. The largest absolute Gasteiger partial charge is 1.00 e. The van der Waals surface area contributed by atoms with E-state index in [4.69, 9.17) is 9.47 Å². The molecule has 6 heteroatoms. The summed E-state index contributed by atoms with van der Waals surface area (Å²) in [7, 11) is 13.9. The summed E-state index contributed by atoms with van der Waals surface area (Å²) in [4.78, 5) is 0. The van der Waals surface area contributed by atoms with E-state index in [-0.39, 0.29) is 39.8 Å². The van der Waals surface area contributed by atoms with Crippen molar-refractivity contribution in [2.45, 2.75) is 218 Å². The molecule has 0 aromatic carbocycles. The zero-order valence-electron chi connectivity index (χ0n) is 34.0. The molecule has 1 unspecified atom stereocenters. The highest BCUT2D eigenvalue weighted by Crippen LogP contribution is 2.41. The van der Waals surface area contributed by atoms with Crippen molar-refractivity contribution in [1.29, 1.82) is 0 Å². The van der Waals surface area contributed by atoms with Gasteiger partial charge < -0.3 is 52.4 Å². The summed E-state index contributed by atoms with van der Waals surface area (Å²) in [6.45, 7) is 7.21. The van der Waals surface area contributed by atoms with Crippen molar-refractivity contribution in [2.24, 2.45) is 0 Å². The van der Waals surface area contributed by atoms with Crippen LogP contribution in [0.2, 0.25) is 0 Å². The molecular formula is C42H88Br2N2O2. The Bertz CT molecular complexity index is 682. The minimum Gasteiger partial charge on any atom is -1.00 e. The summed E-state index contributed by atoms with van der Waals surface area (Å²) >= 11 is 0. The number of rotatable bonds is 33. The minimum absolute atomic E-state index is 0. The second kappa shape index (κ2) is 31.3. The Morgan fingerprint density at radius 3 is 0.958 bits per heavy atom. The normalized spacial score (nSPS) is 19.8. The van der Waals surface area contributed by atoms with E-state index in [9.17, 15) is 0 Å². The molecular weight excluding hydrogens is 724 g/mol. The Balaban J connectivity index is 0. The summed E-state index contributed by atoms with van der Waals surface area (Å²) in [5.41, 5.74) is 0. The highest BCUT2D eigenvalue weighted by atomic mass is 79.9. The van der Waals surface area contributed by atoms with Gasteiger partial charge in [0, 0.05) is 12.8 Å². The van der Waals surface area contributed by atoms with Crippen molar-refractivity contribution in [3.63, 3.8) is 0 Å². The highest BCUT2D eigenvalue weighted by molar-refractivity contribution is 4.87. The van der Waals surface area contributed by atoms with E-state index in [0.717, 1.165) is 21.8 Å². The zero-order chi connectivity index (χ0) is 34.0. The average molecular weight is 813 g/mol. The molecule has 0 aromatic heterocycles. The van der Waals surface area contributed by atoms with Gasteiger partial charge >= 0.3 is 0 Å². The lowest BCUT2D eigenvalue weighted by Gasteiger charge is -2.29. The van der Waals surface area contributed by atoms with Crippen LogP contribution in [0, 0.1) is 0 Å². The number of ether oxygens (including phenoxy) is 2. The second-order valence-electron chi connectivity index (χ2n) is 17.5. The first-order valence-corrected chi connectivity index (χ1v) is 21.0. The van der Waals surface area contributed by atoms with E-state index < -0.39 is 0 Å². The van der Waals surface area contributed by atoms with Crippen LogP contribution < -0.4 is 34.0 Å². The Labute approximate surface area is 324 Å². The number of nitrogens with zero attached hydrogens (tertiary/aromatic N) is 2.